The molecule has 13 nitrogen and oxygen atoms in total. The highest BCUT2D eigenvalue weighted by Crippen LogP contribution is 2.43. The van der Waals surface area contributed by atoms with Gasteiger partial charge in [0, 0.05) is 63.8 Å². The van der Waals surface area contributed by atoms with Gasteiger partial charge < -0.3 is 9.47 Å². The molecule has 1 atom stereocenters. The second kappa shape index (κ2) is 16.0. The van der Waals surface area contributed by atoms with Crippen LogP contribution in [0.25, 0.3) is 27.5 Å². The molecule has 2 aliphatic heterocycles. The molecule has 65 heavy (non-hydrogen) atoms. The average molecular weight is 844 g/mol. The lowest BCUT2D eigenvalue weighted by molar-refractivity contribution is 0.693. The van der Waals surface area contributed by atoms with Gasteiger partial charge in [-0.05, 0) is 72.8 Å². The number of hydrogen-bond acceptors (Lipinski definition) is 12. The molecule has 13 heteroatoms. The largest absolute Gasteiger partial charge is 0.309 e. The summed E-state index contributed by atoms with van der Waals surface area (Å²) in [5.41, 5.74) is 6.74. The number of aliphatic imine (C=N–C) groups is 2. The maximum absolute atomic E-state index is 5.01. The van der Waals surface area contributed by atoms with Gasteiger partial charge in [-0.25, -0.2) is 39.9 Å². The standard InChI is InChI=1S/C52H37N13/c1-5-15-36(16-6-1)61-43-24-14-13-23-41(43)42-27-40(25-26-44(42)61)65-51-30-49(57-34-59-51)63(38-19-9-3-10-20-38)47-28-45(53-32-55-47)62(37-17-7-2-8-18-37)46-29-48(56-33-54-46)64(39-21-11-4-12-22-39)50-31-52(65)60-35-58-50/h1-28,30-35,48H,29H2. The van der Waals surface area contributed by atoms with Gasteiger partial charge in [-0.1, -0.05) is 91.0 Å². The third-order valence-corrected chi connectivity index (χ3v) is 11.7. The zero-order valence-corrected chi connectivity index (χ0v) is 34.7. The first-order chi connectivity index (χ1) is 32.2. The van der Waals surface area contributed by atoms with Crippen LogP contribution < -0.4 is 19.6 Å². The van der Waals surface area contributed by atoms with Gasteiger partial charge in [-0.15, -0.1) is 0 Å². The third kappa shape index (κ3) is 6.75. The Kier molecular flexibility index (Phi) is 9.26. The minimum atomic E-state index is -0.450. The van der Waals surface area contributed by atoms with Gasteiger partial charge in [-0.3, -0.25) is 14.7 Å². The Labute approximate surface area is 373 Å². The molecule has 10 aromatic rings. The molecule has 0 aliphatic carbocycles. The summed E-state index contributed by atoms with van der Waals surface area (Å²) in [5, 5.41) is 2.20. The molecule has 310 valence electrons. The van der Waals surface area contributed by atoms with Crippen LogP contribution >= 0.6 is 0 Å². The van der Waals surface area contributed by atoms with Crippen molar-refractivity contribution < 1.29 is 0 Å². The van der Waals surface area contributed by atoms with Crippen molar-refractivity contribution in [1.29, 1.82) is 0 Å². The Morgan fingerprint density at radius 1 is 0.369 bits per heavy atom. The van der Waals surface area contributed by atoms with E-state index in [2.05, 4.69) is 98.1 Å². The Morgan fingerprint density at radius 2 is 0.831 bits per heavy atom. The van der Waals surface area contributed by atoms with E-state index in [1.807, 2.05) is 108 Å². The summed E-state index contributed by atoms with van der Waals surface area (Å²) in [7, 11) is 0. The normalized spacial score (nSPS) is 14.8. The van der Waals surface area contributed by atoms with E-state index in [0.29, 0.717) is 41.3 Å². The maximum Gasteiger partial charge on any atom is 0.144 e. The van der Waals surface area contributed by atoms with Crippen molar-refractivity contribution in [2.75, 3.05) is 19.6 Å². The minimum Gasteiger partial charge on any atom is -0.309 e. The van der Waals surface area contributed by atoms with E-state index in [-0.39, 0.29) is 0 Å². The first kappa shape index (κ1) is 37.6. The molecule has 12 rings (SSSR count). The molecule has 4 aromatic heterocycles. The molecule has 0 saturated carbocycles. The fourth-order valence-corrected chi connectivity index (χ4v) is 8.84. The third-order valence-electron chi connectivity index (χ3n) is 11.7. The zero-order valence-electron chi connectivity index (χ0n) is 34.7. The first-order valence-corrected chi connectivity index (χ1v) is 21.2. The number of rotatable bonds is 5. The van der Waals surface area contributed by atoms with Crippen LogP contribution in [0, 0.1) is 0 Å². The summed E-state index contributed by atoms with van der Waals surface area (Å²) >= 11 is 0. The Morgan fingerprint density at radius 3 is 1.45 bits per heavy atom. The van der Waals surface area contributed by atoms with Crippen molar-refractivity contribution in [1.82, 2.24) is 34.5 Å². The van der Waals surface area contributed by atoms with Gasteiger partial charge in [0.1, 0.15) is 72.2 Å². The highest BCUT2D eigenvalue weighted by Gasteiger charge is 2.31. The number of nitrogens with zero attached hydrogens (tertiary/aromatic N) is 13. The van der Waals surface area contributed by atoms with Crippen molar-refractivity contribution in [2.24, 2.45) is 9.98 Å². The van der Waals surface area contributed by atoms with Crippen LogP contribution in [0.15, 0.2) is 211 Å². The Balaban J connectivity index is 1.12. The van der Waals surface area contributed by atoms with Crippen molar-refractivity contribution in [3.05, 3.63) is 201 Å². The second-order valence-electron chi connectivity index (χ2n) is 15.5. The predicted molar refractivity (Wildman–Crippen MR) is 258 cm³/mol. The van der Waals surface area contributed by atoms with Gasteiger partial charge in [0.25, 0.3) is 0 Å². The lowest BCUT2D eigenvalue weighted by Crippen LogP contribution is -2.39. The van der Waals surface area contributed by atoms with E-state index in [1.165, 1.54) is 0 Å². The fraction of sp³-hybridized carbons (Fsp3) is 0.0385. The van der Waals surface area contributed by atoms with Crippen molar-refractivity contribution >= 4 is 91.6 Å². The zero-order chi connectivity index (χ0) is 43.1. The van der Waals surface area contributed by atoms with Crippen molar-refractivity contribution in [3.63, 3.8) is 0 Å². The number of para-hydroxylation sites is 5. The summed E-state index contributed by atoms with van der Waals surface area (Å²) in [6.45, 7) is 0. The number of fused-ring (bicyclic) bond motifs is 11. The van der Waals surface area contributed by atoms with Gasteiger partial charge in [0.2, 0.25) is 0 Å². The molecule has 1 unspecified atom stereocenters. The smallest absolute Gasteiger partial charge is 0.144 e. The molecule has 6 heterocycles. The van der Waals surface area contributed by atoms with Gasteiger partial charge >= 0.3 is 0 Å². The quantitative estimate of drug-likeness (QED) is 0.166. The summed E-state index contributed by atoms with van der Waals surface area (Å²) < 4.78 is 2.31. The Hall–Kier alpha value is -9.10. The monoisotopic (exact) mass is 843 g/mol. The highest BCUT2D eigenvalue weighted by molar-refractivity contribution is 6.11. The van der Waals surface area contributed by atoms with E-state index in [0.717, 1.165) is 56.1 Å². The molecule has 0 fully saturated rings. The lowest BCUT2D eigenvalue weighted by atomic mass is 10.1. The van der Waals surface area contributed by atoms with Crippen LogP contribution in [0.2, 0.25) is 0 Å². The summed E-state index contributed by atoms with van der Waals surface area (Å²) in [6, 6.07) is 61.7. The predicted octanol–water partition coefficient (Wildman–Crippen LogP) is 11.5. The van der Waals surface area contributed by atoms with Gasteiger partial charge in [0.15, 0.2) is 0 Å². The molecule has 8 bridgehead atoms. The topological polar surface area (TPSA) is 120 Å². The van der Waals surface area contributed by atoms with Crippen molar-refractivity contribution in [3.8, 4) is 5.69 Å². The summed E-state index contributed by atoms with van der Waals surface area (Å²) in [5.74, 6) is 4.35. The fourth-order valence-electron chi connectivity index (χ4n) is 8.84. The summed E-state index contributed by atoms with van der Waals surface area (Å²) in [6.07, 6.45) is 6.36. The summed E-state index contributed by atoms with van der Waals surface area (Å²) in [4.78, 5) is 47.8. The van der Waals surface area contributed by atoms with Crippen LogP contribution in [-0.2, 0) is 0 Å². The molecule has 6 aromatic carbocycles. The molecule has 0 spiro atoms. The van der Waals surface area contributed by atoms with Crippen LogP contribution in [0.3, 0.4) is 0 Å². The molecule has 0 N–H and O–H groups in total. The van der Waals surface area contributed by atoms with E-state index in [9.17, 15) is 0 Å². The average Bonchev–Trinajstić information content (AvgIpc) is 3.70. The number of anilines is 10. The molecule has 0 amide bonds. The molecule has 2 aliphatic rings. The molecule has 0 radical (unpaired) electrons. The van der Waals surface area contributed by atoms with Crippen LogP contribution in [0.5, 0.6) is 0 Å². The highest BCUT2D eigenvalue weighted by atomic mass is 15.4. The SMILES string of the molecule is C1=NC2CC(=N1)N(c1ccccc1)c1cc(ncn1)N(c1ccccc1)c1cc(ncn1)N(c1ccc3c(c1)c1ccccc1n3-c1ccccc1)c1cc(ncn1)N2c1ccccc1. The maximum atomic E-state index is 5.01. The van der Waals surface area contributed by atoms with Gasteiger partial charge in [-0.2, -0.15) is 0 Å². The first-order valence-electron chi connectivity index (χ1n) is 21.2. The lowest BCUT2D eigenvalue weighted by Gasteiger charge is -2.35. The number of hydrogen-bond donors (Lipinski definition) is 0. The minimum absolute atomic E-state index is 0.412. The van der Waals surface area contributed by atoms with E-state index < -0.39 is 6.17 Å². The second-order valence-corrected chi connectivity index (χ2v) is 15.5. The molecule has 0 saturated heterocycles. The number of amidine groups is 1. The van der Waals surface area contributed by atoms with Crippen molar-refractivity contribution in [2.45, 2.75) is 12.6 Å². The number of aromatic nitrogens is 7. The Bertz CT molecular complexity index is 3400. The van der Waals surface area contributed by atoms with Gasteiger partial charge in [0.05, 0.1) is 11.0 Å². The van der Waals surface area contributed by atoms with Crippen LogP contribution in [0.1, 0.15) is 6.42 Å². The van der Waals surface area contributed by atoms with Crippen LogP contribution in [0.4, 0.5) is 57.7 Å². The van der Waals surface area contributed by atoms with E-state index >= 15 is 0 Å². The van der Waals surface area contributed by atoms with Crippen LogP contribution in [-0.4, -0.2) is 52.8 Å². The molecular formula is C52H37N13. The van der Waals surface area contributed by atoms with E-state index in [1.54, 1.807) is 25.3 Å². The molecular weight excluding hydrogens is 807 g/mol. The number of benzene rings is 6. The van der Waals surface area contributed by atoms with E-state index in [4.69, 9.17) is 39.9 Å².